The number of carboxylic acid groups (broad SMARTS) is 1. The molecule has 0 bridgehead atoms. The number of hydrogen-bond acceptors (Lipinski definition) is 4. The molecule has 1 aromatic heterocycles. The van der Waals surface area contributed by atoms with Crippen LogP contribution in [0, 0.1) is 6.92 Å². The molecule has 112 valence electrons. The third kappa shape index (κ3) is 3.84. The van der Waals surface area contributed by atoms with Gasteiger partial charge >= 0.3 is 5.97 Å². The number of hydrogen-bond donors (Lipinski definition) is 2. The Morgan fingerprint density at radius 1 is 1.45 bits per heavy atom. The van der Waals surface area contributed by atoms with Crippen molar-refractivity contribution in [1.82, 2.24) is 10.2 Å². The molecule has 5 nitrogen and oxygen atoms in total. The van der Waals surface area contributed by atoms with Crippen LogP contribution in [0.15, 0.2) is 10.5 Å². The molecule has 0 radical (unpaired) electrons. The van der Waals surface area contributed by atoms with E-state index < -0.39 is 5.97 Å². The second kappa shape index (κ2) is 6.90. The summed E-state index contributed by atoms with van der Waals surface area (Å²) in [5.74, 6) is 0.225. The molecule has 2 N–H and O–H groups in total. The molecule has 1 aromatic rings. The van der Waals surface area contributed by atoms with Crippen LogP contribution in [0.4, 0.5) is 0 Å². The van der Waals surface area contributed by atoms with Crippen LogP contribution in [0.3, 0.4) is 0 Å². The number of piperidine rings is 1. The third-order valence-corrected chi connectivity index (χ3v) is 3.95. The fourth-order valence-corrected chi connectivity index (χ4v) is 2.74. The lowest BCUT2D eigenvalue weighted by Gasteiger charge is -2.32. The van der Waals surface area contributed by atoms with Gasteiger partial charge in [0.25, 0.3) is 0 Å². The van der Waals surface area contributed by atoms with Gasteiger partial charge in [0.2, 0.25) is 0 Å². The summed E-state index contributed by atoms with van der Waals surface area (Å²) in [7, 11) is 0. The van der Waals surface area contributed by atoms with E-state index >= 15 is 0 Å². The van der Waals surface area contributed by atoms with Gasteiger partial charge in [-0.05, 0) is 45.8 Å². The first kappa shape index (κ1) is 15.1. The summed E-state index contributed by atoms with van der Waals surface area (Å²) in [6.07, 6.45) is 3.94. The van der Waals surface area contributed by atoms with Crippen molar-refractivity contribution < 1.29 is 14.3 Å². The highest BCUT2D eigenvalue weighted by Gasteiger charge is 2.17. The molecule has 1 aliphatic heterocycles. The molecule has 1 atom stereocenters. The van der Waals surface area contributed by atoms with Crippen molar-refractivity contribution in [2.75, 3.05) is 19.6 Å². The molecular weight excluding hydrogens is 256 g/mol. The zero-order valence-corrected chi connectivity index (χ0v) is 12.3. The SMILES string of the molecule is Cc1oc(CNCC(C)N2CCCCC2)cc1C(=O)O. The molecule has 1 unspecified atom stereocenters. The molecule has 2 heterocycles. The van der Waals surface area contributed by atoms with Crippen LogP contribution in [0.1, 0.15) is 48.1 Å². The number of furan rings is 1. The van der Waals surface area contributed by atoms with Gasteiger partial charge in [-0.3, -0.25) is 4.90 Å². The molecule has 5 heteroatoms. The summed E-state index contributed by atoms with van der Waals surface area (Å²) in [5.41, 5.74) is 0.255. The second-order valence-electron chi connectivity index (χ2n) is 5.56. The average molecular weight is 280 g/mol. The number of carbonyl (C=O) groups is 1. The standard InChI is InChI=1S/C15H24N2O3/c1-11(17-6-4-3-5-7-17)9-16-10-13-8-14(15(18)19)12(2)20-13/h8,11,16H,3-7,9-10H2,1-2H3,(H,18,19). The van der Waals surface area contributed by atoms with Crippen LogP contribution < -0.4 is 5.32 Å². The van der Waals surface area contributed by atoms with Gasteiger partial charge in [0.1, 0.15) is 17.1 Å². The zero-order chi connectivity index (χ0) is 14.5. The van der Waals surface area contributed by atoms with Gasteiger partial charge in [-0.15, -0.1) is 0 Å². The van der Waals surface area contributed by atoms with Crippen LogP contribution in [0.25, 0.3) is 0 Å². The van der Waals surface area contributed by atoms with E-state index in [1.54, 1.807) is 13.0 Å². The first-order valence-electron chi connectivity index (χ1n) is 7.35. The van der Waals surface area contributed by atoms with Crippen molar-refractivity contribution in [2.45, 2.75) is 45.7 Å². The van der Waals surface area contributed by atoms with Gasteiger partial charge in [-0.1, -0.05) is 6.42 Å². The fourth-order valence-electron chi connectivity index (χ4n) is 2.74. The number of rotatable bonds is 6. The molecule has 1 fully saturated rings. The van der Waals surface area contributed by atoms with Crippen molar-refractivity contribution in [1.29, 1.82) is 0 Å². The number of nitrogens with one attached hydrogen (secondary N) is 1. The maximum atomic E-state index is 10.9. The minimum absolute atomic E-state index is 0.255. The van der Waals surface area contributed by atoms with E-state index in [0.29, 0.717) is 24.1 Å². The molecule has 0 spiro atoms. The Labute approximate surface area is 119 Å². The van der Waals surface area contributed by atoms with Crippen molar-refractivity contribution in [3.8, 4) is 0 Å². The van der Waals surface area contributed by atoms with E-state index in [9.17, 15) is 4.79 Å². The van der Waals surface area contributed by atoms with Crippen molar-refractivity contribution >= 4 is 5.97 Å². The van der Waals surface area contributed by atoms with Crippen molar-refractivity contribution in [2.24, 2.45) is 0 Å². The lowest BCUT2D eigenvalue weighted by atomic mass is 10.1. The maximum Gasteiger partial charge on any atom is 0.339 e. The largest absolute Gasteiger partial charge is 0.478 e. The van der Waals surface area contributed by atoms with Crippen molar-refractivity contribution in [3.63, 3.8) is 0 Å². The third-order valence-electron chi connectivity index (χ3n) is 3.95. The monoisotopic (exact) mass is 280 g/mol. The second-order valence-corrected chi connectivity index (χ2v) is 5.56. The Balaban J connectivity index is 1.77. The summed E-state index contributed by atoms with van der Waals surface area (Å²) in [5, 5.41) is 12.3. The number of nitrogens with zero attached hydrogens (tertiary/aromatic N) is 1. The van der Waals surface area contributed by atoms with E-state index in [1.165, 1.54) is 32.4 Å². The Morgan fingerprint density at radius 3 is 2.75 bits per heavy atom. The van der Waals surface area contributed by atoms with E-state index in [1.807, 2.05) is 0 Å². The number of carboxylic acids is 1. The van der Waals surface area contributed by atoms with Gasteiger partial charge in [-0.2, -0.15) is 0 Å². The molecule has 0 saturated carbocycles. The highest BCUT2D eigenvalue weighted by Crippen LogP contribution is 2.15. The minimum Gasteiger partial charge on any atom is -0.478 e. The van der Waals surface area contributed by atoms with E-state index in [-0.39, 0.29) is 5.56 Å². The van der Waals surface area contributed by atoms with Gasteiger partial charge in [0.15, 0.2) is 0 Å². The summed E-state index contributed by atoms with van der Waals surface area (Å²) >= 11 is 0. The molecule has 0 aromatic carbocycles. The van der Waals surface area contributed by atoms with E-state index in [2.05, 4.69) is 17.1 Å². The molecule has 2 rings (SSSR count). The Kier molecular flexibility index (Phi) is 5.20. The maximum absolute atomic E-state index is 10.9. The number of likely N-dealkylation sites (tertiary alicyclic amines) is 1. The number of aryl methyl sites for hydroxylation is 1. The number of aromatic carboxylic acids is 1. The van der Waals surface area contributed by atoms with Crippen molar-refractivity contribution in [3.05, 3.63) is 23.2 Å². The molecule has 1 saturated heterocycles. The fraction of sp³-hybridized carbons (Fsp3) is 0.667. The van der Waals surface area contributed by atoms with Gasteiger partial charge in [0.05, 0.1) is 6.54 Å². The lowest BCUT2D eigenvalue weighted by Crippen LogP contribution is -2.42. The predicted molar refractivity (Wildman–Crippen MR) is 77.0 cm³/mol. The van der Waals surface area contributed by atoms with E-state index in [4.69, 9.17) is 9.52 Å². The molecule has 20 heavy (non-hydrogen) atoms. The van der Waals surface area contributed by atoms with Crippen LogP contribution >= 0.6 is 0 Å². The van der Waals surface area contributed by atoms with Crippen LogP contribution in [-0.2, 0) is 6.54 Å². The molecule has 0 aliphatic carbocycles. The van der Waals surface area contributed by atoms with Crippen LogP contribution in [-0.4, -0.2) is 41.7 Å². The van der Waals surface area contributed by atoms with Gasteiger partial charge < -0.3 is 14.8 Å². The van der Waals surface area contributed by atoms with Crippen LogP contribution in [0.5, 0.6) is 0 Å². The van der Waals surface area contributed by atoms with Gasteiger partial charge in [-0.25, -0.2) is 4.79 Å². The Bertz CT molecular complexity index is 450. The summed E-state index contributed by atoms with van der Waals surface area (Å²) in [4.78, 5) is 13.4. The zero-order valence-electron chi connectivity index (χ0n) is 12.3. The summed E-state index contributed by atoms with van der Waals surface area (Å²) in [6, 6.07) is 2.11. The lowest BCUT2D eigenvalue weighted by molar-refractivity contribution is 0.0695. The molecular formula is C15H24N2O3. The Hall–Kier alpha value is -1.33. The summed E-state index contributed by atoms with van der Waals surface area (Å²) < 4.78 is 5.45. The smallest absolute Gasteiger partial charge is 0.339 e. The first-order chi connectivity index (χ1) is 9.58. The quantitative estimate of drug-likeness (QED) is 0.836. The minimum atomic E-state index is -0.931. The molecule has 0 amide bonds. The Morgan fingerprint density at radius 2 is 2.15 bits per heavy atom. The highest BCUT2D eigenvalue weighted by atomic mass is 16.4. The highest BCUT2D eigenvalue weighted by molar-refractivity contribution is 5.88. The summed E-state index contributed by atoms with van der Waals surface area (Å²) in [6.45, 7) is 7.75. The van der Waals surface area contributed by atoms with Crippen LogP contribution in [0.2, 0.25) is 0 Å². The topological polar surface area (TPSA) is 65.7 Å². The van der Waals surface area contributed by atoms with Gasteiger partial charge in [0, 0.05) is 12.6 Å². The first-order valence-corrected chi connectivity index (χ1v) is 7.35. The van der Waals surface area contributed by atoms with E-state index in [0.717, 1.165) is 6.54 Å². The average Bonchev–Trinajstić information content (AvgIpc) is 2.81. The normalized spacial score (nSPS) is 18.1. The predicted octanol–water partition coefficient (Wildman–Crippen LogP) is 2.25. The molecule has 1 aliphatic rings.